The van der Waals surface area contributed by atoms with Crippen LogP contribution in [0.5, 0.6) is 0 Å². The highest BCUT2D eigenvalue weighted by molar-refractivity contribution is 7.87. The summed E-state index contributed by atoms with van der Waals surface area (Å²) >= 11 is 0. The molecule has 2 aromatic carbocycles. The Kier molecular flexibility index (Phi) is 6.99. The van der Waals surface area contributed by atoms with Crippen LogP contribution >= 0.6 is 0 Å². The maximum Gasteiger partial charge on any atom is 0.282 e. The molecule has 2 aliphatic heterocycles. The van der Waals surface area contributed by atoms with Crippen molar-refractivity contribution >= 4 is 27.7 Å². The van der Waals surface area contributed by atoms with Crippen molar-refractivity contribution in [2.24, 2.45) is 5.92 Å². The molecule has 12 heteroatoms. The van der Waals surface area contributed by atoms with E-state index < -0.39 is 64.6 Å². The van der Waals surface area contributed by atoms with Crippen LogP contribution in [0.25, 0.3) is 0 Å². The van der Waals surface area contributed by atoms with Crippen molar-refractivity contribution < 1.29 is 31.2 Å². The van der Waals surface area contributed by atoms with Crippen molar-refractivity contribution in [3.8, 4) is 0 Å². The quantitative estimate of drug-likeness (QED) is 0.512. The molecule has 2 atom stereocenters. The van der Waals surface area contributed by atoms with E-state index in [0.29, 0.717) is 24.2 Å². The van der Waals surface area contributed by atoms with Crippen LogP contribution in [-0.4, -0.2) is 67.0 Å². The molecule has 0 spiro atoms. The van der Waals surface area contributed by atoms with Crippen LogP contribution in [-0.2, 0) is 19.8 Å². The number of benzene rings is 2. The van der Waals surface area contributed by atoms with Crippen LogP contribution in [0.3, 0.4) is 0 Å². The molecule has 1 aliphatic carbocycles. The number of amides is 2. The summed E-state index contributed by atoms with van der Waals surface area (Å²) in [6.45, 7) is 2.70. The average Bonchev–Trinajstić information content (AvgIpc) is 3.58. The van der Waals surface area contributed by atoms with Gasteiger partial charge in [-0.1, -0.05) is 30.3 Å². The van der Waals surface area contributed by atoms with Crippen LogP contribution in [0.4, 0.5) is 18.9 Å². The van der Waals surface area contributed by atoms with Crippen molar-refractivity contribution in [1.29, 1.82) is 0 Å². The third kappa shape index (κ3) is 5.29. The van der Waals surface area contributed by atoms with Gasteiger partial charge in [0.2, 0.25) is 11.8 Å². The number of hydrogen-bond acceptors (Lipinski definition) is 4. The first-order valence-electron chi connectivity index (χ1n) is 12.5. The summed E-state index contributed by atoms with van der Waals surface area (Å²) in [4.78, 5) is 29.0. The smallest absolute Gasteiger partial charge is 0.282 e. The second-order valence-electron chi connectivity index (χ2n) is 10.2. The molecule has 0 radical (unpaired) electrons. The van der Waals surface area contributed by atoms with E-state index in [1.165, 1.54) is 31.7 Å². The van der Waals surface area contributed by atoms with Crippen molar-refractivity contribution in [2.45, 2.75) is 44.2 Å². The fourth-order valence-corrected chi connectivity index (χ4v) is 6.71. The van der Waals surface area contributed by atoms with Crippen LogP contribution in [0.2, 0.25) is 0 Å². The fourth-order valence-electron chi connectivity index (χ4n) is 5.13. The van der Waals surface area contributed by atoms with Gasteiger partial charge in [-0.25, -0.2) is 13.2 Å². The maximum atomic E-state index is 14.4. The van der Waals surface area contributed by atoms with Crippen molar-refractivity contribution in [1.82, 2.24) is 13.9 Å². The number of carbonyl (C=O) groups is 2. The lowest BCUT2D eigenvalue weighted by Gasteiger charge is -2.39. The predicted octanol–water partition coefficient (Wildman–Crippen LogP) is 3.00. The molecule has 0 aromatic heterocycles. The van der Waals surface area contributed by atoms with Gasteiger partial charge in [0, 0.05) is 50.7 Å². The number of nitrogens with one attached hydrogen (secondary N) is 1. The predicted molar refractivity (Wildman–Crippen MR) is 134 cm³/mol. The first-order chi connectivity index (χ1) is 18.0. The van der Waals surface area contributed by atoms with E-state index in [1.54, 1.807) is 31.2 Å². The number of anilines is 1. The van der Waals surface area contributed by atoms with Crippen molar-refractivity contribution in [2.75, 3.05) is 31.1 Å². The first-order valence-corrected chi connectivity index (χ1v) is 13.9. The Morgan fingerprint density at radius 2 is 1.76 bits per heavy atom. The molecule has 204 valence electrons. The van der Waals surface area contributed by atoms with Crippen molar-refractivity contribution in [3.63, 3.8) is 0 Å². The minimum absolute atomic E-state index is 0.0690. The molecule has 1 N–H and O–H groups in total. The standard InChI is InChI=1S/C26H29F3N4O4S/c1-17-5-2-3-8-22(17)23(24(34)30-20-14-26(28,29)15-20)33(21-7-4-6-19(27)13-21)25(35)18-9-10-32(16-18)38(36,37)31-11-12-31/h2-8,13,18,20,23H,9-12,14-16H2,1H3,(H,30,34)/t18-,23-/m1/s1. The molecule has 5 rings (SSSR count). The minimum atomic E-state index is -3.66. The van der Waals surface area contributed by atoms with Crippen LogP contribution in [0.15, 0.2) is 48.5 Å². The van der Waals surface area contributed by atoms with Crippen LogP contribution in [0, 0.1) is 18.7 Å². The number of alkyl halides is 2. The third-order valence-corrected chi connectivity index (χ3v) is 9.31. The van der Waals surface area contributed by atoms with Crippen LogP contribution in [0.1, 0.15) is 36.4 Å². The van der Waals surface area contributed by atoms with Gasteiger partial charge in [-0.05, 0) is 42.7 Å². The SMILES string of the molecule is Cc1ccccc1[C@H](C(=O)NC1CC(F)(F)C1)N(C(=O)[C@@H]1CCN(S(=O)(=O)N2CC2)C1)c1cccc(F)c1. The van der Waals surface area contributed by atoms with Gasteiger partial charge in [0.05, 0.1) is 5.92 Å². The molecule has 1 saturated carbocycles. The first kappa shape index (κ1) is 26.6. The second-order valence-corrected chi connectivity index (χ2v) is 12.1. The summed E-state index contributed by atoms with van der Waals surface area (Å²) in [6.07, 6.45) is -0.771. The molecule has 0 unspecified atom stereocenters. The van der Waals surface area contributed by atoms with E-state index in [9.17, 15) is 31.2 Å². The van der Waals surface area contributed by atoms with E-state index >= 15 is 0 Å². The molecule has 38 heavy (non-hydrogen) atoms. The van der Waals surface area contributed by atoms with E-state index in [0.717, 1.165) is 6.07 Å². The number of aryl methyl sites for hydroxylation is 1. The summed E-state index contributed by atoms with van der Waals surface area (Å²) in [5.74, 6) is -5.46. The Hall–Kier alpha value is -2.96. The Morgan fingerprint density at radius 3 is 2.39 bits per heavy atom. The molecule has 3 aliphatic rings. The maximum absolute atomic E-state index is 14.4. The zero-order chi connectivity index (χ0) is 27.2. The van der Waals surface area contributed by atoms with Gasteiger partial charge in [0.1, 0.15) is 11.9 Å². The molecule has 2 saturated heterocycles. The monoisotopic (exact) mass is 550 g/mol. The molecular weight excluding hydrogens is 521 g/mol. The molecule has 2 amide bonds. The van der Waals surface area contributed by atoms with Gasteiger partial charge in [0.15, 0.2) is 0 Å². The average molecular weight is 551 g/mol. The Balaban J connectivity index is 1.51. The van der Waals surface area contributed by atoms with E-state index in [2.05, 4.69) is 5.32 Å². The molecule has 8 nitrogen and oxygen atoms in total. The molecule has 3 fully saturated rings. The lowest BCUT2D eigenvalue weighted by Crippen LogP contribution is -2.54. The number of halogens is 3. The Morgan fingerprint density at radius 1 is 1.05 bits per heavy atom. The summed E-state index contributed by atoms with van der Waals surface area (Å²) in [5, 5.41) is 2.64. The summed E-state index contributed by atoms with van der Waals surface area (Å²) in [6, 6.07) is 10.1. The summed E-state index contributed by atoms with van der Waals surface area (Å²) in [5.41, 5.74) is 1.25. The van der Waals surface area contributed by atoms with Gasteiger partial charge in [-0.3, -0.25) is 14.5 Å². The molecule has 2 aromatic rings. The van der Waals surface area contributed by atoms with Gasteiger partial charge in [-0.2, -0.15) is 17.0 Å². The van der Waals surface area contributed by atoms with E-state index in [-0.39, 0.29) is 25.2 Å². The molecule has 2 heterocycles. The summed E-state index contributed by atoms with van der Waals surface area (Å²) < 4.78 is 69.4. The van der Waals surface area contributed by atoms with E-state index in [1.807, 2.05) is 0 Å². The highest BCUT2D eigenvalue weighted by Gasteiger charge is 2.48. The lowest BCUT2D eigenvalue weighted by atomic mass is 9.87. The number of rotatable bonds is 8. The third-order valence-electron chi connectivity index (χ3n) is 7.31. The second kappa shape index (κ2) is 9.97. The largest absolute Gasteiger partial charge is 0.351 e. The van der Waals surface area contributed by atoms with E-state index in [4.69, 9.17) is 0 Å². The minimum Gasteiger partial charge on any atom is -0.351 e. The molecule has 0 bridgehead atoms. The fraction of sp³-hybridized carbons (Fsp3) is 0.462. The van der Waals surface area contributed by atoms with Crippen molar-refractivity contribution in [3.05, 3.63) is 65.5 Å². The van der Waals surface area contributed by atoms with Gasteiger partial charge in [0.25, 0.3) is 16.1 Å². The lowest BCUT2D eigenvalue weighted by molar-refractivity contribution is -0.133. The number of nitrogens with zero attached hydrogens (tertiary/aromatic N) is 3. The zero-order valence-corrected chi connectivity index (χ0v) is 21.6. The Labute approximate surface area is 219 Å². The number of hydrogen-bond donors (Lipinski definition) is 1. The number of carbonyl (C=O) groups excluding carboxylic acids is 2. The van der Waals surface area contributed by atoms with Gasteiger partial charge >= 0.3 is 0 Å². The highest BCUT2D eigenvalue weighted by atomic mass is 32.2. The molecular formula is C26H29F3N4O4S. The van der Waals surface area contributed by atoms with Crippen LogP contribution < -0.4 is 10.2 Å². The zero-order valence-electron chi connectivity index (χ0n) is 20.8. The Bertz CT molecular complexity index is 1340. The van der Waals surface area contributed by atoms with Gasteiger partial charge < -0.3 is 5.32 Å². The summed E-state index contributed by atoms with van der Waals surface area (Å²) in [7, 11) is -3.66. The van der Waals surface area contributed by atoms with Gasteiger partial charge in [-0.15, -0.1) is 0 Å². The topological polar surface area (TPSA) is 89.8 Å². The highest BCUT2D eigenvalue weighted by Crippen LogP contribution is 2.39. The normalized spacial score (nSPS) is 22.5.